The monoisotopic (exact) mass is 473 g/mol. The number of β-lactam (4-membered cyclic amide) rings is 1. The molecular formula is C27H43N3O4. The first-order valence-electron chi connectivity index (χ1n) is 12.8. The van der Waals surface area contributed by atoms with E-state index >= 15 is 0 Å². The molecule has 1 aliphatic rings. The van der Waals surface area contributed by atoms with Gasteiger partial charge in [-0.1, -0.05) is 70.9 Å². The van der Waals surface area contributed by atoms with Gasteiger partial charge in [0.25, 0.3) is 0 Å². The summed E-state index contributed by atoms with van der Waals surface area (Å²) >= 11 is 0. The number of nitrogens with zero attached hydrogens (tertiary/aromatic N) is 2. The molecule has 2 rings (SSSR count). The maximum atomic E-state index is 13.3. The number of aryl methyl sites for hydroxylation is 1. The van der Waals surface area contributed by atoms with E-state index in [-0.39, 0.29) is 24.3 Å². The lowest BCUT2D eigenvalue weighted by Gasteiger charge is -2.53. The van der Waals surface area contributed by atoms with Crippen molar-refractivity contribution in [1.29, 1.82) is 0 Å². The molecule has 2 unspecified atom stereocenters. The zero-order valence-electron chi connectivity index (χ0n) is 21.9. The molecule has 2 atom stereocenters. The van der Waals surface area contributed by atoms with Crippen LogP contribution in [0.5, 0.6) is 0 Å². The van der Waals surface area contributed by atoms with Gasteiger partial charge in [-0.15, -0.1) is 0 Å². The van der Waals surface area contributed by atoms with Gasteiger partial charge >= 0.3 is 6.03 Å². The second-order valence-electron chi connectivity index (χ2n) is 9.22. The van der Waals surface area contributed by atoms with Crippen LogP contribution in [-0.4, -0.2) is 60.0 Å². The molecular weight excluding hydrogens is 430 g/mol. The van der Waals surface area contributed by atoms with Crippen LogP contribution in [0.1, 0.15) is 83.9 Å². The van der Waals surface area contributed by atoms with E-state index in [1.165, 1.54) is 4.90 Å². The van der Waals surface area contributed by atoms with Crippen LogP contribution >= 0.6 is 0 Å². The Bertz CT molecular complexity index is 816. The Labute approximate surface area is 205 Å². The van der Waals surface area contributed by atoms with Crippen molar-refractivity contribution in [3.63, 3.8) is 0 Å². The number of likely N-dealkylation sites (tertiary alicyclic amines) is 1. The highest BCUT2D eigenvalue weighted by Gasteiger charge is 2.62. The lowest BCUT2D eigenvalue weighted by molar-refractivity contribution is -0.210. The average molecular weight is 474 g/mol. The van der Waals surface area contributed by atoms with Crippen LogP contribution in [-0.2, 0) is 14.3 Å². The predicted octanol–water partition coefficient (Wildman–Crippen LogP) is 4.84. The molecule has 0 aliphatic carbocycles. The highest BCUT2D eigenvalue weighted by atomic mass is 16.5. The highest BCUT2D eigenvalue weighted by molar-refractivity contribution is 6.03. The summed E-state index contributed by atoms with van der Waals surface area (Å²) in [6.07, 6.45) is 2.43. The molecule has 1 heterocycles. The van der Waals surface area contributed by atoms with E-state index in [9.17, 15) is 14.4 Å². The van der Waals surface area contributed by atoms with Crippen LogP contribution in [0.4, 0.5) is 4.79 Å². The molecule has 1 aromatic rings. The van der Waals surface area contributed by atoms with Gasteiger partial charge in [-0.05, 0) is 44.8 Å². The largest absolute Gasteiger partial charge is 0.349 e. The van der Waals surface area contributed by atoms with Crippen molar-refractivity contribution in [2.24, 2.45) is 5.41 Å². The van der Waals surface area contributed by atoms with Gasteiger partial charge in [0.05, 0.1) is 11.5 Å². The van der Waals surface area contributed by atoms with Gasteiger partial charge in [0.1, 0.15) is 6.61 Å². The predicted molar refractivity (Wildman–Crippen MR) is 134 cm³/mol. The lowest BCUT2D eigenvalue weighted by atomic mass is 9.72. The number of nitrogens with one attached hydrogen (secondary N) is 1. The van der Waals surface area contributed by atoms with Crippen molar-refractivity contribution < 1.29 is 19.1 Å². The Morgan fingerprint density at radius 3 is 2.24 bits per heavy atom. The van der Waals surface area contributed by atoms with Crippen molar-refractivity contribution in [3.05, 3.63) is 35.4 Å². The van der Waals surface area contributed by atoms with Gasteiger partial charge in [-0.2, -0.15) is 0 Å². The van der Waals surface area contributed by atoms with E-state index in [1.54, 1.807) is 0 Å². The second kappa shape index (κ2) is 13.0. The molecule has 190 valence electrons. The van der Waals surface area contributed by atoms with Crippen molar-refractivity contribution >= 4 is 17.7 Å². The number of carbonyl (C=O) groups excluding carboxylic acids is 3. The summed E-state index contributed by atoms with van der Waals surface area (Å²) in [4.78, 5) is 42.3. The maximum absolute atomic E-state index is 13.3. The van der Waals surface area contributed by atoms with E-state index in [2.05, 4.69) is 31.0 Å². The van der Waals surface area contributed by atoms with Crippen LogP contribution in [0, 0.1) is 12.3 Å². The molecule has 0 bridgehead atoms. The summed E-state index contributed by atoms with van der Waals surface area (Å²) in [6.45, 7) is 14.5. The number of ketones is 1. The van der Waals surface area contributed by atoms with Crippen molar-refractivity contribution in [3.8, 4) is 0 Å². The molecule has 1 fully saturated rings. The molecule has 1 saturated heterocycles. The maximum Gasteiger partial charge on any atom is 0.326 e. The number of Topliss-reactive ketones (excluding diaryl/α,β-unsaturated/α-hetero) is 1. The van der Waals surface area contributed by atoms with E-state index in [0.29, 0.717) is 25.8 Å². The van der Waals surface area contributed by atoms with Gasteiger partial charge in [-0.3, -0.25) is 9.59 Å². The molecule has 0 aromatic heterocycles. The molecule has 1 aromatic carbocycles. The van der Waals surface area contributed by atoms with Crippen LogP contribution in [0.3, 0.4) is 0 Å². The number of urea groups is 1. The number of amides is 3. The first-order chi connectivity index (χ1) is 16.3. The first-order valence-corrected chi connectivity index (χ1v) is 12.8. The van der Waals surface area contributed by atoms with E-state index in [4.69, 9.17) is 4.74 Å². The molecule has 7 heteroatoms. The third-order valence-corrected chi connectivity index (χ3v) is 7.19. The number of hydrogen-bond acceptors (Lipinski definition) is 5. The summed E-state index contributed by atoms with van der Waals surface area (Å²) in [7, 11) is 0. The Morgan fingerprint density at radius 2 is 1.71 bits per heavy atom. The fourth-order valence-corrected chi connectivity index (χ4v) is 4.66. The topological polar surface area (TPSA) is 79.0 Å². The molecule has 0 spiro atoms. The first kappa shape index (κ1) is 28.0. The minimum Gasteiger partial charge on any atom is -0.349 e. The van der Waals surface area contributed by atoms with Crippen LogP contribution < -0.4 is 5.32 Å². The number of rotatable bonds is 14. The average Bonchev–Trinajstić information content (AvgIpc) is 2.83. The molecule has 0 saturated carbocycles. The molecule has 34 heavy (non-hydrogen) atoms. The third kappa shape index (κ3) is 6.25. The zero-order valence-corrected chi connectivity index (χ0v) is 21.9. The van der Waals surface area contributed by atoms with Gasteiger partial charge in [-0.25, -0.2) is 9.69 Å². The number of carbonyl (C=O) groups is 3. The number of benzene rings is 1. The summed E-state index contributed by atoms with van der Waals surface area (Å²) in [5.74, 6) is -0.244. The lowest BCUT2D eigenvalue weighted by Crippen LogP contribution is -2.72. The van der Waals surface area contributed by atoms with Gasteiger partial charge in [0, 0.05) is 13.0 Å². The third-order valence-electron chi connectivity index (χ3n) is 7.19. The van der Waals surface area contributed by atoms with Crippen molar-refractivity contribution in [2.45, 2.75) is 85.9 Å². The summed E-state index contributed by atoms with van der Waals surface area (Å²) < 4.78 is 5.98. The molecule has 1 N–H and O–H groups in total. The second-order valence-corrected chi connectivity index (χ2v) is 9.22. The number of hydrogen-bond donors (Lipinski definition) is 1. The van der Waals surface area contributed by atoms with E-state index < -0.39 is 17.7 Å². The Kier molecular flexibility index (Phi) is 10.7. The Balaban J connectivity index is 2.11. The van der Waals surface area contributed by atoms with E-state index in [0.717, 1.165) is 37.1 Å². The van der Waals surface area contributed by atoms with Crippen molar-refractivity contribution in [2.75, 3.05) is 26.2 Å². The molecule has 1 aliphatic heterocycles. The fourth-order valence-electron chi connectivity index (χ4n) is 4.66. The SMILES string of the molecule is CCCC(NC(=O)N1C(=O)C(CC)(CC)C1OCC(=O)CCN(CC)CC)c1ccc(C)cc1. The smallest absolute Gasteiger partial charge is 0.326 e. The molecule has 3 amide bonds. The number of imide groups is 1. The van der Waals surface area contributed by atoms with Gasteiger partial charge < -0.3 is 15.0 Å². The van der Waals surface area contributed by atoms with E-state index in [1.807, 2.05) is 45.0 Å². The minimum atomic E-state index is -0.763. The summed E-state index contributed by atoms with van der Waals surface area (Å²) in [5.41, 5.74) is 1.40. The summed E-state index contributed by atoms with van der Waals surface area (Å²) in [5, 5.41) is 3.04. The Morgan fingerprint density at radius 1 is 1.09 bits per heavy atom. The van der Waals surface area contributed by atoms with Crippen LogP contribution in [0.2, 0.25) is 0 Å². The van der Waals surface area contributed by atoms with Crippen LogP contribution in [0.25, 0.3) is 0 Å². The fraction of sp³-hybridized carbons (Fsp3) is 0.667. The standard InChI is InChI=1S/C27H43N3O4/c1-7-12-23(21-15-13-20(6)14-16-21)28-26(33)30-24(32)27(8-2,9-3)25(30)34-19-22(31)17-18-29(10-4)11-5/h13-16,23,25H,7-12,17-19H2,1-6H3,(H,28,33). The normalized spacial score (nSPS) is 18.0. The number of ether oxygens (including phenoxy) is 1. The molecule has 7 nitrogen and oxygen atoms in total. The van der Waals surface area contributed by atoms with Crippen LogP contribution in [0.15, 0.2) is 24.3 Å². The zero-order chi connectivity index (χ0) is 25.3. The highest BCUT2D eigenvalue weighted by Crippen LogP contribution is 2.46. The van der Waals surface area contributed by atoms with Gasteiger partial charge in [0.15, 0.2) is 12.0 Å². The molecule has 0 radical (unpaired) electrons. The quantitative estimate of drug-likeness (QED) is 0.391. The Hall–Kier alpha value is -2.25. The van der Waals surface area contributed by atoms with Crippen molar-refractivity contribution in [1.82, 2.24) is 15.1 Å². The van der Waals surface area contributed by atoms with Gasteiger partial charge in [0.2, 0.25) is 5.91 Å². The minimum absolute atomic E-state index is 0.0174. The summed E-state index contributed by atoms with van der Waals surface area (Å²) in [6, 6.07) is 7.42.